The molecule has 1 saturated carbocycles. The lowest BCUT2D eigenvalue weighted by atomic mass is 9.87. The van der Waals surface area contributed by atoms with Crippen molar-refractivity contribution in [2.45, 2.75) is 45.1 Å². The largest absolute Gasteiger partial charge is 0.349 e. The van der Waals surface area contributed by atoms with Crippen LogP contribution in [0.2, 0.25) is 0 Å². The molecular weight excluding hydrogens is 278 g/mol. The van der Waals surface area contributed by atoms with Crippen molar-refractivity contribution >= 4 is 5.91 Å². The van der Waals surface area contributed by atoms with E-state index in [-0.39, 0.29) is 5.91 Å². The van der Waals surface area contributed by atoms with Gasteiger partial charge in [-0.2, -0.15) is 4.68 Å². The van der Waals surface area contributed by atoms with Crippen molar-refractivity contribution in [1.29, 1.82) is 0 Å². The van der Waals surface area contributed by atoms with E-state index >= 15 is 0 Å². The topological polar surface area (TPSA) is 72.7 Å². The van der Waals surface area contributed by atoms with E-state index < -0.39 is 0 Å². The Balaban J connectivity index is 1.55. The summed E-state index contributed by atoms with van der Waals surface area (Å²) in [4.78, 5) is 12.1. The van der Waals surface area contributed by atoms with Gasteiger partial charge in [-0.15, -0.1) is 5.10 Å². The molecule has 0 bridgehead atoms. The minimum Gasteiger partial charge on any atom is -0.349 e. The number of hydrogen-bond donors (Lipinski definition) is 1. The fraction of sp³-hybridized carbons (Fsp3) is 0.500. The molecule has 1 aliphatic rings. The molecule has 1 fully saturated rings. The minimum absolute atomic E-state index is 0.0921. The van der Waals surface area contributed by atoms with Gasteiger partial charge in [-0.3, -0.25) is 4.79 Å². The summed E-state index contributed by atoms with van der Waals surface area (Å²) in [5.41, 5.74) is 0.893. The van der Waals surface area contributed by atoms with Crippen LogP contribution in [0.5, 0.6) is 0 Å². The molecule has 0 radical (unpaired) electrons. The first kappa shape index (κ1) is 14.7. The Hall–Kier alpha value is -2.24. The molecule has 0 saturated heterocycles. The van der Waals surface area contributed by atoms with E-state index in [0.29, 0.717) is 24.7 Å². The Morgan fingerprint density at radius 3 is 2.73 bits per heavy atom. The average molecular weight is 299 g/mol. The number of rotatable bonds is 5. The molecule has 1 aliphatic carbocycles. The molecule has 0 unspecified atom stereocenters. The Morgan fingerprint density at radius 2 is 1.95 bits per heavy atom. The number of benzene rings is 1. The molecule has 0 aliphatic heterocycles. The zero-order valence-electron chi connectivity index (χ0n) is 12.6. The summed E-state index contributed by atoms with van der Waals surface area (Å²) >= 11 is 0. The smallest absolute Gasteiger partial charge is 0.220 e. The fourth-order valence-electron chi connectivity index (χ4n) is 2.99. The summed E-state index contributed by atoms with van der Waals surface area (Å²) in [5.74, 6) is 1.27. The second-order valence-corrected chi connectivity index (χ2v) is 5.83. The zero-order valence-corrected chi connectivity index (χ0v) is 12.6. The summed E-state index contributed by atoms with van der Waals surface area (Å²) in [6, 6.07) is 9.68. The number of amides is 1. The highest BCUT2D eigenvalue weighted by molar-refractivity contribution is 5.76. The number of hydrogen-bond acceptors (Lipinski definition) is 4. The van der Waals surface area contributed by atoms with Crippen LogP contribution in [-0.2, 0) is 11.3 Å². The van der Waals surface area contributed by atoms with Gasteiger partial charge < -0.3 is 5.32 Å². The van der Waals surface area contributed by atoms with Gasteiger partial charge in [-0.1, -0.05) is 37.5 Å². The van der Waals surface area contributed by atoms with Crippen LogP contribution in [0, 0.1) is 5.92 Å². The zero-order chi connectivity index (χ0) is 15.2. The van der Waals surface area contributed by atoms with Crippen molar-refractivity contribution in [3.8, 4) is 5.69 Å². The molecule has 3 rings (SSSR count). The van der Waals surface area contributed by atoms with Crippen molar-refractivity contribution in [2.24, 2.45) is 5.92 Å². The van der Waals surface area contributed by atoms with E-state index in [9.17, 15) is 4.79 Å². The van der Waals surface area contributed by atoms with Crippen molar-refractivity contribution in [1.82, 2.24) is 25.5 Å². The molecule has 6 nitrogen and oxygen atoms in total. The molecule has 2 aromatic rings. The average Bonchev–Trinajstić information content (AvgIpc) is 3.03. The van der Waals surface area contributed by atoms with Crippen LogP contribution in [0.4, 0.5) is 0 Å². The third kappa shape index (κ3) is 3.69. The summed E-state index contributed by atoms with van der Waals surface area (Å²) < 4.78 is 1.65. The third-order valence-corrected chi connectivity index (χ3v) is 4.18. The van der Waals surface area contributed by atoms with Gasteiger partial charge in [0, 0.05) is 6.42 Å². The highest BCUT2D eigenvalue weighted by atomic mass is 16.1. The van der Waals surface area contributed by atoms with Gasteiger partial charge in [-0.05, 0) is 41.3 Å². The van der Waals surface area contributed by atoms with Gasteiger partial charge in [-0.25, -0.2) is 0 Å². The van der Waals surface area contributed by atoms with E-state index in [1.807, 2.05) is 30.3 Å². The lowest BCUT2D eigenvalue weighted by Gasteiger charge is -2.20. The van der Waals surface area contributed by atoms with Crippen molar-refractivity contribution in [2.75, 3.05) is 0 Å². The lowest BCUT2D eigenvalue weighted by Crippen LogP contribution is -2.27. The summed E-state index contributed by atoms with van der Waals surface area (Å²) in [5, 5.41) is 14.6. The van der Waals surface area contributed by atoms with E-state index in [4.69, 9.17) is 0 Å². The van der Waals surface area contributed by atoms with E-state index in [0.717, 1.165) is 5.69 Å². The van der Waals surface area contributed by atoms with E-state index in [1.54, 1.807) is 4.68 Å². The standard InChI is InChI=1S/C16H21N5O/c22-16(11-13-7-3-1-4-8-13)17-12-15-18-19-20-21(15)14-9-5-2-6-10-14/h2,5-6,9-10,13H,1,3-4,7-8,11-12H2,(H,17,22). The maximum Gasteiger partial charge on any atom is 0.220 e. The molecule has 1 aromatic carbocycles. The number of carbonyl (C=O) groups is 1. The maximum atomic E-state index is 12.1. The number of nitrogens with one attached hydrogen (secondary N) is 1. The first-order valence-electron chi connectivity index (χ1n) is 7.92. The molecule has 1 heterocycles. The van der Waals surface area contributed by atoms with Gasteiger partial charge in [0.2, 0.25) is 5.91 Å². The fourth-order valence-corrected chi connectivity index (χ4v) is 2.99. The predicted molar refractivity (Wildman–Crippen MR) is 82.2 cm³/mol. The molecule has 1 amide bonds. The predicted octanol–water partition coefficient (Wildman–Crippen LogP) is 2.25. The van der Waals surface area contributed by atoms with E-state index in [1.165, 1.54) is 32.1 Å². The quantitative estimate of drug-likeness (QED) is 0.919. The van der Waals surface area contributed by atoms with Crippen LogP contribution in [0.3, 0.4) is 0 Å². The normalized spacial score (nSPS) is 15.6. The molecular formula is C16H21N5O. The number of nitrogens with zero attached hydrogens (tertiary/aromatic N) is 4. The van der Waals surface area contributed by atoms with Gasteiger partial charge in [0.05, 0.1) is 12.2 Å². The van der Waals surface area contributed by atoms with Gasteiger partial charge in [0.1, 0.15) is 0 Å². The SMILES string of the molecule is O=C(CC1CCCCC1)NCc1nnnn1-c1ccccc1. The Kier molecular flexibility index (Phi) is 4.78. The van der Waals surface area contributed by atoms with Crippen molar-refractivity contribution in [3.05, 3.63) is 36.2 Å². The monoisotopic (exact) mass is 299 g/mol. The molecule has 1 aromatic heterocycles. The Labute approximate surface area is 129 Å². The highest BCUT2D eigenvalue weighted by Gasteiger charge is 2.17. The van der Waals surface area contributed by atoms with Crippen LogP contribution in [0.15, 0.2) is 30.3 Å². The molecule has 6 heteroatoms. The number of carbonyl (C=O) groups excluding carboxylic acids is 1. The van der Waals surface area contributed by atoms with Crippen LogP contribution in [0.1, 0.15) is 44.3 Å². The molecule has 22 heavy (non-hydrogen) atoms. The van der Waals surface area contributed by atoms with Crippen molar-refractivity contribution < 1.29 is 4.79 Å². The van der Waals surface area contributed by atoms with Gasteiger partial charge in [0.15, 0.2) is 5.82 Å². The molecule has 116 valence electrons. The summed E-state index contributed by atoms with van der Waals surface area (Å²) in [7, 11) is 0. The molecule has 1 N–H and O–H groups in total. The summed E-state index contributed by atoms with van der Waals surface area (Å²) in [6.45, 7) is 0.355. The minimum atomic E-state index is 0.0921. The molecule has 0 spiro atoms. The molecule has 0 atom stereocenters. The van der Waals surface area contributed by atoms with Gasteiger partial charge >= 0.3 is 0 Å². The second-order valence-electron chi connectivity index (χ2n) is 5.83. The maximum absolute atomic E-state index is 12.1. The summed E-state index contributed by atoms with van der Waals surface area (Å²) in [6.07, 6.45) is 6.79. The number of aromatic nitrogens is 4. The highest BCUT2D eigenvalue weighted by Crippen LogP contribution is 2.26. The van der Waals surface area contributed by atoms with Crippen LogP contribution >= 0.6 is 0 Å². The Morgan fingerprint density at radius 1 is 1.18 bits per heavy atom. The number of para-hydroxylation sites is 1. The van der Waals surface area contributed by atoms with Crippen LogP contribution in [0.25, 0.3) is 5.69 Å². The Bertz CT molecular complexity index is 604. The van der Waals surface area contributed by atoms with E-state index in [2.05, 4.69) is 20.8 Å². The third-order valence-electron chi connectivity index (χ3n) is 4.18. The lowest BCUT2D eigenvalue weighted by molar-refractivity contribution is -0.122. The second kappa shape index (κ2) is 7.15. The van der Waals surface area contributed by atoms with Crippen molar-refractivity contribution in [3.63, 3.8) is 0 Å². The first-order valence-corrected chi connectivity index (χ1v) is 7.92. The van der Waals surface area contributed by atoms with Crippen LogP contribution < -0.4 is 5.32 Å². The van der Waals surface area contributed by atoms with Crippen LogP contribution in [-0.4, -0.2) is 26.1 Å². The van der Waals surface area contributed by atoms with Gasteiger partial charge in [0.25, 0.3) is 0 Å². The number of tetrazole rings is 1. The first-order chi connectivity index (χ1) is 10.8.